The second-order valence-electron chi connectivity index (χ2n) is 6.89. The summed E-state index contributed by atoms with van der Waals surface area (Å²) in [4.78, 5) is -0.00288. The van der Waals surface area contributed by atoms with E-state index in [1.165, 1.54) is 12.1 Å². The molecule has 6 heteroatoms. The second kappa shape index (κ2) is 6.52. The van der Waals surface area contributed by atoms with Gasteiger partial charge in [0.2, 0.25) is 0 Å². The quantitative estimate of drug-likeness (QED) is 0.761. The highest BCUT2D eigenvalue weighted by Gasteiger charge is 2.17. The number of sulfone groups is 1. The van der Waals surface area contributed by atoms with Crippen LogP contribution in [-0.2, 0) is 9.84 Å². The molecule has 26 heavy (non-hydrogen) atoms. The van der Waals surface area contributed by atoms with Crippen molar-refractivity contribution in [1.82, 2.24) is 9.88 Å². The van der Waals surface area contributed by atoms with Crippen molar-refractivity contribution >= 4 is 20.7 Å². The van der Waals surface area contributed by atoms with E-state index >= 15 is 0 Å². The Balaban J connectivity index is 1.72. The Kier molecular flexibility index (Phi) is 4.32. The van der Waals surface area contributed by atoms with Crippen LogP contribution in [0, 0.1) is 5.82 Å². The largest absolute Gasteiger partial charge is 0.344 e. The van der Waals surface area contributed by atoms with Crippen molar-refractivity contribution < 1.29 is 12.8 Å². The van der Waals surface area contributed by atoms with Crippen LogP contribution in [0.2, 0.25) is 0 Å². The van der Waals surface area contributed by atoms with E-state index in [1.54, 1.807) is 0 Å². The van der Waals surface area contributed by atoms with Crippen LogP contribution < -0.4 is 5.32 Å². The third kappa shape index (κ3) is 3.15. The molecule has 0 saturated carbocycles. The molecule has 1 fully saturated rings. The Morgan fingerprint density at radius 1 is 1.08 bits per heavy atom. The van der Waals surface area contributed by atoms with Gasteiger partial charge in [-0.1, -0.05) is 12.1 Å². The number of halogens is 1. The van der Waals surface area contributed by atoms with E-state index in [0.717, 1.165) is 54.7 Å². The lowest BCUT2D eigenvalue weighted by Crippen LogP contribution is -2.29. The Morgan fingerprint density at radius 3 is 2.54 bits per heavy atom. The van der Waals surface area contributed by atoms with Crippen LogP contribution in [0.25, 0.3) is 22.0 Å². The van der Waals surface area contributed by atoms with Crippen molar-refractivity contribution in [2.24, 2.45) is 0 Å². The lowest BCUT2D eigenvalue weighted by atomic mass is 10.0. The highest BCUT2D eigenvalue weighted by atomic mass is 32.2. The molecule has 0 radical (unpaired) electrons. The molecule has 1 saturated heterocycles. The van der Waals surface area contributed by atoms with Crippen molar-refractivity contribution in [1.29, 1.82) is 0 Å². The lowest BCUT2D eigenvalue weighted by Gasteiger charge is -2.25. The summed E-state index contributed by atoms with van der Waals surface area (Å²) in [5.74, 6) is -0.523. The fraction of sp³-hybridized carbons (Fsp3) is 0.300. The minimum Gasteiger partial charge on any atom is -0.344 e. The SMILES string of the molecule is CS(=O)(=O)c1ccc(-c2ccc3c(ccn3C3CCNCC3)c2)c(F)c1. The average molecular weight is 372 g/mol. The van der Waals surface area contributed by atoms with Crippen LogP contribution in [0.15, 0.2) is 53.6 Å². The minimum absolute atomic E-state index is 0.00288. The fourth-order valence-corrected chi connectivity index (χ4v) is 4.33. The highest BCUT2D eigenvalue weighted by Crippen LogP contribution is 2.31. The molecule has 0 aliphatic carbocycles. The number of aromatic nitrogens is 1. The summed E-state index contributed by atoms with van der Waals surface area (Å²) in [5.41, 5.74) is 2.31. The Labute approximate surface area is 152 Å². The summed E-state index contributed by atoms with van der Waals surface area (Å²) in [6, 6.07) is 12.5. The molecule has 1 aliphatic heterocycles. The van der Waals surface area contributed by atoms with Crippen molar-refractivity contribution in [2.45, 2.75) is 23.8 Å². The monoisotopic (exact) mass is 372 g/mol. The predicted octanol–water partition coefficient (Wildman–Crippen LogP) is 3.78. The van der Waals surface area contributed by atoms with E-state index < -0.39 is 15.7 Å². The number of hydrogen-bond donors (Lipinski definition) is 1. The van der Waals surface area contributed by atoms with Gasteiger partial charge in [0.25, 0.3) is 0 Å². The van der Waals surface area contributed by atoms with Crippen molar-refractivity contribution in [2.75, 3.05) is 19.3 Å². The molecule has 0 bridgehead atoms. The summed E-state index contributed by atoms with van der Waals surface area (Å²) >= 11 is 0. The second-order valence-corrected chi connectivity index (χ2v) is 8.91. The van der Waals surface area contributed by atoms with Gasteiger partial charge >= 0.3 is 0 Å². The maximum atomic E-state index is 14.5. The molecule has 0 unspecified atom stereocenters. The van der Waals surface area contributed by atoms with Crippen molar-refractivity contribution in [3.63, 3.8) is 0 Å². The van der Waals surface area contributed by atoms with Crippen LogP contribution >= 0.6 is 0 Å². The highest BCUT2D eigenvalue weighted by molar-refractivity contribution is 7.90. The van der Waals surface area contributed by atoms with Gasteiger partial charge in [-0.2, -0.15) is 0 Å². The number of nitrogens with one attached hydrogen (secondary N) is 1. The van der Waals surface area contributed by atoms with E-state index in [0.29, 0.717) is 11.6 Å². The third-order valence-corrected chi connectivity index (χ3v) is 6.21. The van der Waals surface area contributed by atoms with E-state index in [-0.39, 0.29) is 4.90 Å². The number of fused-ring (bicyclic) bond motifs is 1. The molecular formula is C20H21FN2O2S. The fourth-order valence-electron chi connectivity index (χ4n) is 3.70. The smallest absolute Gasteiger partial charge is 0.175 e. The Bertz CT molecular complexity index is 1070. The Morgan fingerprint density at radius 2 is 1.85 bits per heavy atom. The summed E-state index contributed by atoms with van der Waals surface area (Å²) < 4.78 is 40.0. The van der Waals surface area contributed by atoms with E-state index in [9.17, 15) is 12.8 Å². The first-order chi connectivity index (χ1) is 12.4. The molecule has 3 aromatic rings. The third-order valence-electron chi connectivity index (χ3n) is 5.10. The zero-order valence-corrected chi connectivity index (χ0v) is 15.4. The summed E-state index contributed by atoms with van der Waals surface area (Å²) in [6.45, 7) is 2.06. The van der Waals surface area contributed by atoms with Gasteiger partial charge in [0.05, 0.1) is 4.90 Å². The average Bonchev–Trinajstić information content (AvgIpc) is 3.04. The predicted molar refractivity (Wildman–Crippen MR) is 102 cm³/mol. The number of nitrogens with zero attached hydrogens (tertiary/aromatic N) is 1. The molecule has 0 amide bonds. The van der Waals surface area contributed by atoms with Gasteiger partial charge in [-0.15, -0.1) is 0 Å². The van der Waals surface area contributed by atoms with E-state index in [2.05, 4.69) is 22.1 Å². The number of piperidine rings is 1. The van der Waals surface area contributed by atoms with Gasteiger partial charge in [-0.05, 0) is 61.8 Å². The van der Waals surface area contributed by atoms with E-state index in [4.69, 9.17) is 0 Å². The van der Waals surface area contributed by atoms with Crippen LogP contribution in [0.5, 0.6) is 0 Å². The number of benzene rings is 2. The molecular weight excluding hydrogens is 351 g/mol. The zero-order valence-electron chi connectivity index (χ0n) is 14.6. The topological polar surface area (TPSA) is 51.1 Å². The van der Waals surface area contributed by atoms with Crippen LogP contribution in [0.1, 0.15) is 18.9 Å². The molecule has 2 heterocycles. The van der Waals surface area contributed by atoms with Crippen molar-refractivity contribution in [3.05, 3.63) is 54.5 Å². The van der Waals surface area contributed by atoms with Crippen molar-refractivity contribution in [3.8, 4) is 11.1 Å². The minimum atomic E-state index is -3.42. The maximum absolute atomic E-state index is 14.5. The molecule has 136 valence electrons. The van der Waals surface area contributed by atoms with Gasteiger partial charge in [0.15, 0.2) is 9.84 Å². The molecule has 1 N–H and O–H groups in total. The van der Waals surface area contributed by atoms with E-state index in [1.807, 2.05) is 18.2 Å². The first kappa shape index (κ1) is 17.2. The summed E-state index contributed by atoms with van der Waals surface area (Å²) in [5, 5.41) is 4.44. The number of hydrogen-bond acceptors (Lipinski definition) is 3. The first-order valence-corrected chi connectivity index (χ1v) is 10.6. The number of rotatable bonds is 3. The zero-order chi connectivity index (χ0) is 18.3. The van der Waals surface area contributed by atoms with Crippen LogP contribution in [-0.4, -0.2) is 32.3 Å². The first-order valence-electron chi connectivity index (χ1n) is 8.75. The molecule has 0 spiro atoms. The van der Waals surface area contributed by atoms with Gasteiger partial charge in [-0.3, -0.25) is 0 Å². The molecule has 0 atom stereocenters. The van der Waals surface area contributed by atoms with Crippen LogP contribution in [0.4, 0.5) is 4.39 Å². The summed E-state index contributed by atoms with van der Waals surface area (Å²) in [6.07, 6.45) is 5.39. The summed E-state index contributed by atoms with van der Waals surface area (Å²) in [7, 11) is -3.42. The molecule has 2 aromatic carbocycles. The molecule has 1 aliphatic rings. The van der Waals surface area contributed by atoms with Crippen LogP contribution in [0.3, 0.4) is 0 Å². The van der Waals surface area contributed by atoms with Gasteiger partial charge < -0.3 is 9.88 Å². The molecule has 1 aromatic heterocycles. The molecule has 4 rings (SSSR count). The maximum Gasteiger partial charge on any atom is 0.175 e. The van der Waals surface area contributed by atoms with Gasteiger partial charge in [-0.25, -0.2) is 12.8 Å². The van der Waals surface area contributed by atoms with Gasteiger partial charge in [0, 0.05) is 35.0 Å². The lowest BCUT2D eigenvalue weighted by molar-refractivity contribution is 0.376. The standard InChI is InChI=1S/C20H21FN2O2S/c1-26(24,25)17-3-4-18(19(21)13-17)14-2-5-20-15(12-14)8-11-23(20)16-6-9-22-10-7-16/h2-5,8,11-13,16,22H,6-7,9-10H2,1H3. The molecule has 4 nitrogen and oxygen atoms in total. The normalized spacial score (nSPS) is 16.2. The van der Waals surface area contributed by atoms with Gasteiger partial charge in [0.1, 0.15) is 5.82 Å². The Hall–Kier alpha value is -2.18.